The predicted octanol–water partition coefficient (Wildman–Crippen LogP) is 2.64. The van der Waals surface area contributed by atoms with Crippen molar-refractivity contribution in [1.82, 2.24) is 4.31 Å². The van der Waals surface area contributed by atoms with Gasteiger partial charge in [0.1, 0.15) is 0 Å². The molecule has 0 radical (unpaired) electrons. The van der Waals surface area contributed by atoms with Gasteiger partial charge in [-0.3, -0.25) is 0 Å². The standard InChI is InChI=1S/C12H15BrClNO3S/c1-12(16)5-2-6-15(8-12)19(17,18)9-3-4-11(14)10(13)7-9/h3-4,7,16H,2,5-6,8H2,1H3. The van der Waals surface area contributed by atoms with E-state index in [0.29, 0.717) is 28.9 Å². The maximum atomic E-state index is 12.5. The molecule has 0 bridgehead atoms. The number of benzene rings is 1. The summed E-state index contributed by atoms with van der Waals surface area (Å²) in [5.74, 6) is 0. The van der Waals surface area contributed by atoms with Crippen LogP contribution in [-0.2, 0) is 10.0 Å². The van der Waals surface area contributed by atoms with Crippen LogP contribution in [0.2, 0.25) is 5.02 Å². The Morgan fingerprint density at radius 3 is 2.74 bits per heavy atom. The van der Waals surface area contributed by atoms with Crippen LogP contribution in [0.3, 0.4) is 0 Å². The number of halogens is 2. The Kier molecular flexibility index (Phi) is 4.28. The smallest absolute Gasteiger partial charge is 0.243 e. The Labute approximate surface area is 126 Å². The lowest BCUT2D eigenvalue weighted by Gasteiger charge is -2.35. The fraction of sp³-hybridized carbons (Fsp3) is 0.500. The predicted molar refractivity (Wildman–Crippen MR) is 77.8 cm³/mol. The van der Waals surface area contributed by atoms with Crippen molar-refractivity contribution in [1.29, 1.82) is 0 Å². The minimum absolute atomic E-state index is 0.121. The summed E-state index contributed by atoms with van der Waals surface area (Å²) in [7, 11) is -3.59. The highest BCUT2D eigenvalue weighted by molar-refractivity contribution is 9.10. The molecule has 1 aromatic carbocycles. The van der Waals surface area contributed by atoms with Crippen molar-refractivity contribution < 1.29 is 13.5 Å². The molecule has 0 aromatic heterocycles. The lowest BCUT2D eigenvalue weighted by molar-refractivity contribution is 0.00940. The van der Waals surface area contributed by atoms with Crippen molar-refractivity contribution in [2.75, 3.05) is 13.1 Å². The van der Waals surface area contributed by atoms with E-state index in [0.717, 1.165) is 0 Å². The summed E-state index contributed by atoms with van der Waals surface area (Å²) >= 11 is 9.09. The van der Waals surface area contributed by atoms with Gasteiger partial charge in [-0.25, -0.2) is 8.42 Å². The maximum Gasteiger partial charge on any atom is 0.243 e. The second kappa shape index (κ2) is 5.33. The molecular formula is C12H15BrClNO3S. The first kappa shape index (κ1) is 15.3. The summed E-state index contributed by atoms with van der Waals surface area (Å²) in [6, 6.07) is 4.51. The maximum absolute atomic E-state index is 12.5. The van der Waals surface area contributed by atoms with E-state index in [2.05, 4.69) is 15.9 Å². The van der Waals surface area contributed by atoms with E-state index in [1.54, 1.807) is 13.0 Å². The molecule has 1 heterocycles. The number of hydrogen-bond acceptors (Lipinski definition) is 3. The van der Waals surface area contributed by atoms with Crippen LogP contribution in [0.15, 0.2) is 27.6 Å². The lowest BCUT2D eigenvalue weighted by Crippen LogP contribution is -2.48. The van der Waals surface area contributed by atoms with Crippen molar-refractivity contribution in [2.45, 2.75) is 30.3 Å². The molecule has 19 heavy (non-hydrogen) atoms. The molecule has 1 fully saturated rings. The van der Waals surface area contributed by atoms with Crippen LogP contribution in [0.5, 0.6) is 0 Å². The molecule has 0 saturated carbocycles. The molecule has 1 N–H and O–H groups in total. The van der Waals surface area contributed by atoms with Gasteiger partial charge in [0.25, 0.3) is 0 Å². The average molecular weight is 369 g/mol. The van der Waals surface area contributed by atoms with Gasteiger partial charge in [0.2, 0.25) is 10.0 Å². The molecule has 0 aliphatic carbocycles. The number of β-amino-alcohol motifs (C(OH)–C–C–N with tert-alkyl or cyclic N) is 1. The largest absolute Gasteiger partial charge is 0.389 e. The van der Waals surface area contributed by atoms with Crippen LogP contribution in [0.25, 0.3) is 0 Å². The van der Waals surface area contributed by atoms with E-state index in [9.17, 15) is 13.5 Å². The second-order valence-electron chi connectivity index (χ2n) is 5.02. The van der Waals surface area contributed by atoms with E-state index >= 15 is 0 Å². The first-order valence-electron chi connectivity index (χ1n) is 5.90. The van der Waals surface area contributed by atoms with E-state index in [1.165, 1.54) is 16.4 Å². The summed E-state index contributed by atoms with van der Waals surface area (Å²) in [5, 5.41) is 10.5. The van der Waals surface area contributed by atoms with Crippen molar-refractivity contribution in [3.63, 3.8) is 0 Å². The van der Waals surface area contributed by atoms with Gasteiger partial charge < -0.3 is 5.11 Å². The third-order valence-electron chi connectivity index (χ3n) is 3.17. The van der Waals surface area contributed by atoms with Crippen molar-refractivity contribution in [2.24, 2.45) is 0 Å². The van der Waals surface area contributed by atoms with Crippen LogP contribution >= 0.6 is 27.5 Å². The summed E-state index contributed by atoms with van der Waals surface area (Å²) in [5.41, 5.74) is -0.963. The number of rotatable bonds is 2. The minimum atomic E-state index is -3.59. The Hall–Kier alpha value is -0.140. The Morgan fingerprint density at radius 2 is 2.16 bits per heavy atom. The van der Waals surface area contributed by atoms with Crippen LogP contribution in [0, 0.1) is 0 Å². The molecule has 7 heteroatoms. The van der Waals surface area contributed by atoms with Gasteiger partial charge in [-0.2, -0.15) is 4.31 Å². The molecule has 2 rings (SSSR count). The molecule has 1 aliphatic heterocycles. The van der Waals surface area contributed by atoms with E-state index in [4.69, 9.17) is 11.6 Å². The molecule has 0 amide bonds. The van der Waals surface area contributed by atoms with Crippen LogP contribution in [0.4, 0.5) is 0 Å². The second-order valence-corrected chi connectivity index (χ2v) is 8.21. The first-order chi connectivity index (χ1) is 8.72. The third kappa shape index (κ3) is 3.31. The SMILES string of the molecule is CC1(O)CCCN(S(=O)(=O)c2ccc(Cl)c(Br)c2)C1. The molecule has 1 saturated heterocycles. The minimum Gasteiger partial charge on any atom is -0.389 e. The van der Waals surface area contributed by atoms with Gasteiger partial charge >= 0.3 is 0 Å². The Balaban J connectivity index is 2.34. The number of sulfonamides is 1. The number of nitrogens with zero attached hydrogens (tertiary/aromatic N) is 1. The summed E-state index contributed by atoms with van der Waals surface area (Å²) in [6.07, 6.45) is 1.27. The van der Waals surface area contributed by atoms with Gasteiger partial charge in [-0.05, 0) is 53.9 Å². The average Bonchev–Trinajstić information content (AvgIpc) is 2.31. The zero-order valence-corrected chi connectivity index (χ0v) is 13.6. The van der Waals surface area contributed by atoms with Crippen LogP contribution < -0.4 is 0 Å². The molecule has 1 aromatic rings. The van der Waals surface area contributed by atoms with Crippen molar-refractivity contribution in [3.8, 4) is 0 Å². The number of aliphatic hydroxyl groups is 1. The highest BCUT2D eigenvalue weighted by Crippen LogP contribution is 2.29. The molecule has 106 valence electrons. The fourth-order valence-corrected chi connectivity index (χ4v) is 4.44. The fourth-order valence-electron chi connectivity index (χ4n) is 2.17. The molecular weight excluding hydrogens is 354 g/mol. The van der Waals surface area contributed by atoms with E-state index in [-0.39, 0.29) is 11.4 Å². The van der Waals surface area contributed by atoms with Gasteiger partial charge in [0, 0.05) is 17.6 Å². The molecule has 1 aliphatic rings. The highest BCUT2D eigenvalue weighted by Gasteiger charge is 2.35. The van der Waals surface area contributed by atoms with Crippen LogP contribution in [0.1, 0.15) is 19.8 Å². The third-order valence-corrected chi connectivity index (χ3v) is 6.22. The van der Waals surface area contributed by atoms with Crippen molar-refractivity contribution in [3.05, 3.63) is 27.7 Å². The summed E-state index contributed by atoms with van der Waals surface area (Å²) in [4.78, 5) is 0.182. The molecule has 1 unspecified atom stereocenters. The summed E-state index contributed by atoms with van der Waals surface area (Å²) in [6.45, 7) is 2.21. The molecule has 4 nitrogen and oxygen atoms in total. The Bertz CT molecular complexity index is 589. The number of hydrogen-bond donors (Lipinski definition) is 1. The van der Waals surface area contributed by atoms with Crippen LogP contribution in [-0.4, -0.2) is 36.5 Å². The van der Waals surface area contributed by atoms with Gasteiger partial charge in [0.15, 0.2) is 0 Å². The first-order valence-corrected chi connectivity index (χ1v) is 8.51. The topological polar surface area (TPSA) is 57.6 Å². The van der Waals surface area contributed by atoms with E-state index in [1.807, 2.05) is 0 Å². The Morgan fingerprint density at radius 1 is 1.47 bits per heavy atom. The highest BCUT2D eigenvalue weighted by atomic mass is 79.9. The zero-order valence-electron chi connectivity index (χ0n) is 10.4. The van der Waals surface area contributed by atoms with E-state index < -0.39 is 15.6 Å². The lowest BCUT2D eigenvalue weighted by atomic mass is 9.97. The zero-order chi connectivity index (χ0) is 14.3. The quantitative estimate of drug-likeness (QED) is 0.873. The monoisotopic (exact) mass is 367 g/mol. The van der Waals surface area contributed by atoms with Gasteiger partial charge in [0.05, 0.1) is 15.5 Å². The van der Waals surface area contributed by atoms with Gasteiger partial charge in [-0.15, -0.1) is 0 Å². The number of piperidine rings is 1. The van der Waals surface area contributed by atoms with Crippen molar-refractivity contribution >= 4 is 37.6 Å². The molecule has 1 atom stereocenters. The summed E-state index contributed by atoms with van der Waals surface area (Å²) < 4.78 is 26.8. The van der Waals surface area contributed by atoms with Gasteiger partial charge in [-0.1, -0.05) is 11.6 Å². The normalized spacial score (nSPS) is 25.5. The molecule has 0 spiro atoms.